The van der Waals surface area contributed by atoms with Gasteiger partial charge in [-0.1, -0.05) is 6.42 Å². The smallest absolute Gasteiger partial charge is 0.410 e. The van der Waals surface area contributed by atoms with Gasteiger partial charge >= 0.3 is 6.09 Å². The van der Waals surface area contributed by atoms with E-state index in [1.54, 1.807) is 4.90 Å². The summed E-state index contributed by atoms with van der Waals surface area (Å²) in [5.41, 5.74) is 2.85. The minimum Gasteiger partial charge on any atom is -0.444 e. The van der Waals surface area contributed by atoms with E-state index in [2.05, 4.69) is 10.4 Å². The molecule has 2 aliphatic heterocycles. The summed E-state index contributed by atoms with van der Waals surface area (Å²) < 4.78 is 5.34. The van der Waals surface area contributed by atoms with Crippen LogP contribution in [0.25, 0.3) is 0 Å². The molecule has 2 aliphatic rings. The first-order valence-corrected chi connectivity index (χ1v) is 7.52. The highest BCUT2D eigenvalue weighted by molar-refractivity contribution is 5.68. The van der Waals surface area contributed by atoms with Crippen LogP contribution in [-0.2, 0) is 4.74 Å². The number of hydrogen-bond donors (Lipinski definition) is 2. The molecule has 0 bridgehead atoms. The topological polar surface area (TPSA) is 65.0 Å². The monoisotopic (exact) mass is 285 g/mol. The van der Waals surface area contributed by atoms with Crippen molar-refractivity contribution in [2.45, 2.75) is 57.8 Å². The van der Waals surface area contributed by atoms with Crippen molar-refractivity contribution in [3.05, 3.63) is 0 Å². The molecule has 20 heavy (non-hydrogen) atoms. The molecule has 0 aromatic carbocycles. The molecule has 116 valence electrons. The number of nitrogens with zero attached hydrogens (tertiary/aromatic N) is 2. The number of carbonyl (C=O) groups excluding carboxylic acids is 1. The van der Waals surface area contributed by atoms with Crippen molar-refractivity contribution in [3.63, 3.8) is 0 Å². The molecule has 0 aromatic heterocycles. The number of ether oxygens (including phenoxy) is 1. The average Bonchev–Trinajstić information content (AvgIpc) is 2.70. The highest BCUT2D eigenvalue weighted by atomic mass is 16.6. The summed E-state index contributed by atoms with van der Waals surface area (Å²) in [6.45, 7) is 8.39. The van der Waals surface area contributed by atoms with Crippen LogP contribution in [0.2, 0.25) is 0 Å². The van der Waals surface area contributed by atoms with Crippen molar-refractivity contribution >= 4 is 6.09 Å². The number of nitrogens with one attached hydrogen (secondary N) is 1. The second-order valence-corrected chi connectivity index (χ2v) is 6.74. The van der Waals surface area contributed by atoms with E-state index in [1.807, 2.05) is 20.8 Å². The molecule has 0 aromatic rings. The van der Waals surface area contributed by atoms with Crippen LogP contribution >= 0.6 is 0 Å². The van der Waals surface area contributed by atoms with Crippen molar-refractivity contribution in [2.75, 3.05) is 26.2 Å². The minimum absolute atomic E-state index is 0.0966. The quantitative estimate of drug-likeness (QED) is 0.791. The molecule has 2 heterocycles. The van der Waals surface area contributed by atoms with Crippen LogP contribution in [0.5, 0.6) is 0 Å². The first-order chi connectivity index (χ1) is 9.35. The van der Waals surface area contributed by atoms with Crippen molar-refractivity contribution in [3.8, 4) is 0 Å². The lowest BCUT2D eigenvalue weighted by Crippen LogP contribution is -2.51. The number of carbonyl (C=O) groups is 1. The maximum atomic E-state index is 12.0. The maximum absolute atomic E-state index is 12.0. The van der Waals surface area contributed by atoms with Crippen molar-refractivity contribution in [2.24, 2.45) is 0 Å². The largest absolute Gasteiger partial charge is 0.444 e. The summed E-state index contributed by atoms with van der Waals surface area (Å²) in [7, 11) is 0. The van der Waals surface area contributed by atoms with Crippen LogP contribution in [0.4, 0.5) is 4.79 Å². The third kappa shape index (κ3) is 4.33. The number of hydrogen-bond acceptors (Lipinski definition) is 5. The van der Waals surface area contributed by atoms with E-state index < -0.39 is 11.7 Å². The van der Waals surface area contributed by atoms with Crippen molar-refractivity contribution in [1.29, 1.82) is 0 Å². The predicted octanol–water partition coefficient (Wildman–Crippen LogP) is 0.957. The van der Waals surface area contributed by atoms with E-state index >= 15 is 0 Å². The van der Waals surface area contributed by atoms with Gasteiger partial charge in [0.05, 0.1) is 18.7 Å². The van der Waals surface area contributed by atoms with Crippen LogP contribution in [0, 0.1) is 0 Å². The number of likely N-dealkylation sites (tertiary alicyclic amines) is 1. The molecule has 0 saturated carbocycles. The molecule has 2 unspecified atom stereocenters. The Morgan fingerprint density at radius 3 is 2.45 bits per heavy atom. The van der Waals surface area contributed by atoms with Gasteiger partial charge in [-0.3, -0.25) is 0 Å². The molecule has 0 spiro atoms. The van der Waals surface area contributed by atoms with Crippen molar-refractivity contribution in [1.82, 2.24) is 15.3 Å². The molecule has 2 N–H and O–H groups in total. The molecule has 0 aliphatic carbocycles. The molecule has 2 rings (SSSR count). The Balaban J connectivity index is 1.83. The van der Waals surface area contributed by atoms with Crippen LogP contribution in [0.1, 0.15) is 40.0 Å². The number of β-amino-alcohol motifs (C(OH)–C–C–N with tert-alkyl or cyclic N) is 1. The predicted molar refractivity (Wildman–Crippen MR) is 76.2 cm³/mol. The Labute approximate surface area is 121 Å². The van der Waals surface area contributed by atoms with E-state index in [0.717, 1.165) is 13.1 Å². The number of amides is 1. The van der Waals surface area contributed by atoms with Gasteiger partial charge in [-0.2, -0.15) is 0 Å². The van der Waals surface area contributed by atoms with Gasteiger partial charge in [-0.15, -0.1) is 0 Å². The summed E-state index contributed by atoms with van der Waals surface area (Å²) in [6.07, 6.45) is 2.76. The van der Waals surface area contributed by atoms with Crippen LogP contribution in [0.3, 0.4) is 0 Å². The number of aliphatic hydroxyl groups excluding tert-OH is 1. The summed E-state index contributed by atoms with van der Waals surface area (Å²) in [5, 5.41) is 12.3. The van der Waals surface area contributed by atoms with Gasteiger partial charge in [-0.25, -0.2) is 15.2 Å². The van der Waals surface area contributed by atoms with Gasteiger partial charge in [-0.05, 0) is 33.6 Å². The van der Waals surface area contributed by atoms with Gasteiger partial charge in [0.1, 0.15) is 5.60 Å². The summed E-state index contributed by atoms with van der Waals surface area (Å²) >= 11 is 0. The zero-order valence-corrected chi connectivity index (χ0v) is 12.8. The standard InChI is InChI=1S/C14H27N3O3/c1-14(2,3)20-13(19)16-9-11(12(18)10-16)15-17-7-5-4-6-8-17/h11-12,15,18H,4-10H2,1-3H3. The normalized spacial score (nSPS) is 28.7. The van der Waals surface area contributed by atoms with Gasteiger partial charge in [0, 0.05) is 19.6 Å². The first-order valence-electron chi connectivity index (χ1n) is 7.52. The number of rotatable bonds is 2. The van der Waals surface area contributed by atoms with E-state index in [9.17, 15) is 9.90 Å². The molecule has 1 amide bonds. The molecule has 6 heteroatoms. The lowest BCUT2D eigenvalue weighted by Gasteiger charge is -2.31. The SMILES string of the molecule is CC(C)(C)OC(=O)N1CC(O)C(NN2CCCCC2)C1. The van der Waals surface area contributed by atoms with E-state index in [1.165, 1.54) is 19.3 Å². The molecular weight excluding hydrogens is 258 g/mol. The third-order valence-corrected chi connectivity index (χ3v) is 3.65. The summed E-state index contributed by atoms with van der Waals surface area (Å²) in [4.78, 5) is 13.6. The van der Waals surface area contributed by atoms with E-state index in [4.69, 9.17) is 4.74 Å². The first kappa shape index (κ1) is 15.5. The van der Waals surface area contributed by atoms with Gasteiger partial charge in [0.25, 0.3) is 0 Å². The van der Waals surface area contributed by atoms with Crippen LogP contribution < -0.4 is 5.43 Å². The molecule has 6 nitrogen and oxygen atoms in total. The molecule has 2 atom stereocenters. The number of piperidine rings is 1. The summed E-state index contributed by atoms with van der Waals surface area (Å²) in [5.74, 6) is 0. The van der Waals surface area contributed by atoms with E-state index in [-0.39, 0.29) is 12.1 Å². The Hall–Kier alpha value is -0.850. The lowest BCUT2D eigenvalue weighted by molar-refractivity contribution is 0.0269. The number of hydrazine groups is 1. The molecule has 0 radical (unpaired) electrons. The Morgan fingerprint density at radius 2 is 1.85 bits per heavy atom. The highest BCUT2D eigenvalue weighted by Crippen LogP contribution is 2.17. The second kappa shape index (κ2) is 6.28. The highest BCUT2D eigenvalue weighted by Gasteiger charge is 2.36. The fourth-order valence-electron chi connectivity index (χ4n) is 2.65. The van der Waals surface area contributed by atoms with Crippen LogP contribution in [0.15, 0.2) is 0 Å². The Kier molecular flexibility index (Phi) is 4.88. The second-order valence-electron chi connectivity index (χ2n) is 6.74. The lowest BCUT2D eigenvalue weighted by atomic mass is 10.1. The fraction of sp³-hybridized carbons (Fsp3) is 0.929. The Bertz CT molecular complexity index is 337. The minimum atomic E-state index is -0.538. The third-order valence-electron chi connectivity index (χ3n) is 3.65. The van der Waals surface area contributed by atoms with Crippen LogP contribution in [-0.4, -0.2) is 65.0 Å². The fourth-order valence-corrected chi connectivity index (χ4v) is 2.65. The van der Waals surface area contributed by atoms with Gasteiger partial charge < -0.3 is 14.7 Å². The zero-order valence-electron chi connectivity index (χ0n) is 12.8. The average molecular weight is 285 g/mol. The van der Waals surface area contributed by atoms with Crippen molar-refractivity contribution < 1.29 is 14.6 Å². The maximum Gasteiger partial charge on any atom is 0.410 e. The van der Waals surface area contributed by atoms with E-state index in [0.29, 0.717) is 13.1 Å². The Morgan fingerprint density at radius 1 is 1.20 bits per heavy atom. The summed E-state index contributed by atoms with van der Waals surface area (Å²) in [6, 6.07) is -0.0966. The number of aliphatic hydroxyl groups is 1. The zero-order chi connectivity index (χ0) is 14.8. The molecular formula is C14H27N3O3. The molecule has 2 fully saturated rings. The molecule has 2 saturated heterocycles. The van der Waals surface area contributed by atoms with Gasteiger partial charge in [0.2, 0.25) is 0 Å². The van der Waals surface area contributed by atoms with Gasteiger partial charge in [0.15, 0.2) is 0 Å².